The van der Waals surface area contributed by atoms with E-state index in [2.05, 4.69) is 67.1 Å². The summed E-state index contributed by atoms with van der Waals surface area (Å²) >= 11 is 3.51. The average molecular weight is 270 g/mol. The van der Waals surface area contributed by atoms with Gasteiger partial charge in [-0.1, -0.05) is 41.9 Å². The lowest BCUT2D eigenvalue weighted by Gasteiger charge is -2.17. The zero-order valence-electron chi connectivity index (χ0n) is 9.97. The molecule has 0 radical (unpaired) electrons. The molecule has 0 saturated carbocycles. The molecule has 0 amide bonds. The highest BCUT2D eigenvalue weighted by Crippen LogP contribution is 2.17. The van der Waals surface area contributed by atoms with Crippen LogP contribution in [0.25, 0.3) is 0 Å². The molecule has 0 fully saturated rings. The average Bonchev–Trinajstić information content (AvgIpc) is 2.19. The van der Waals surface area contributed by atoms with Crippen molar-refractivity contribution in [3.63, 3.8) is 0 Å². The Morgan fingerprint density at radius 3 is 2.47 bits per heavy atom. The van der Waals surface area contributed by atoms with Gasteiger partial charge in [0.25, 0.3) is 0 Å². The minimum absolute atomic E-state index is 0.564. The molecule has 0 aliphatic heterocycles. The van der Waals surface area contributed by atoms with Crippen LogP contribution < -0.4 is 5.32 Å². The van der Waals surface area contributed by atoms with E-state index in [0.29, 0.717) is 12.0 Å². The van der Waals surface area contributed by atoms with E-state index in [0.717, 1.165) is 6.54 Å². The third-order valence-electron chi connectivity index (χ3n) is 2.85. The second-order valence-corrected chi connectivity index (χ2v) is 5.35. The second kappa shape index (κ2) is 5.66. The SMILES string of the molecule is Cc1cc(CN[C@@H](C)C(C)C)ccc1Br. The maximum Gasteiger partial charge on any atom is 0.0208 e. The normalized spacial score (nSPS) is 13.2. The fourth-order valence-corrected chi connectivity index (χ4v) is 1.58. The largest absolute Gasteiger partial charge is 0.310 e. The van der Waals surface area contributed by atoms with E-state index in [1.54, 1.807) is 0 Å². The summed E-state index contributed by atoms with van der Waals surface area (Å²) in [6.45, 7) is 9.79. The summed E-state index contributed by atoms with van der Waals surface area (Å²) in [7, 11) is 0. The van der Waals surface area contributed by atoms with Crippen molar-refractivity contribution in [2.75, 3.05) is 0 Å². The minimum atomic E-state index is 0.564. The third kappa shape index (κ3) is 3.96. The van der Waals surface area contributed by atoms with Crippen molar-refractivity contribution in [2.45, 2.75) is 40.3 Å². The van der Waals surface area contributed by atoms with Crippen LogP contribution in [0.1, 0.15) is 31.9 Å². The van der Waals surface area contributed by atoms with Gasteiger partial charge in [0, 0.05) is 17.1 Å². The van der Waals surface area contributed by atoms with Gasteiger partial charge in [0.05, 0.1) is 0 Å². The number of nitrogens with one attached hydrogen (secondary N) is 1. The van der Waals surface area contributed by atoms with E-state index in [4.69, 9.17) is 0 Å². The summed E-state index contributed by atoms with van der Waals surface area (Å²) < 4.78 is 1.18. The number of benzene rings is 1. The highest BCUT2D eigenvalue weighted by Gasteiger charge is 2.05. The molecule has 0 saturated heterocycles. The van der Waals surface area contributed by atoms with Crippen molar-refractivity contribution >= 4 is 15.9 Å². The summed E-state index contributed by atoms with van der Waals surface area (Å²) in [6.07, 6.45) is 0. The molecule has 1 aromatic rings. The first-order valence-corrected chi connectivity index (χ1v) is 6.28. The summed E-state index contributed by atoms with van der Waals surface area (Å²) in [5.74, 6) is 0.682. The first-order chi connectivity index (χ1) is 7.00. The molecule has 1 aromatic carbocycles. The zero-order chi connectivity index (χ0) is 11.4. The van der Waals surface area contributed by atoms with Crippen LogP contribution in [0.5, 0.6) is 0 Å². The zero-order valence-corrected chi connectivity index (χ0v) is 11.6. The lowest BCUT2D eigenvalue weighted by molar-refractivity contribution is 0.426. The van der Waals surface area contributed by atoms with E-state index >= 15 is 0 Å². The summed E-state index contributed by atoms with van der Waals surface area (Å²) in [6, 6.07) is 7.07. The Bertz CT molecular complexity index is 320. The molecule has 0 aromatic heterocycles. The van der Waals surface area contributed by atoms with Crippen molar-refractivity contribution in [3.8, 4) is 0 Å². The molecule has 1 atom stereocenters. The standard InChI is InChI=1S/C13H20BrN/c1-9(2)11(4)15-8-12-5-6-13(14)10(3)7-12/h5-7,9,11,15H,8H2,1-4H3/t11-/m0/s1. The highest BCUT2D eigenvalue weighted by molar-refractivity contribution is 9.10. The summed E-state index contributed by atoms with van der Waals surface area (Å²) in [5.41, 5.74) is 2.65. The quantitative estimate of drug-likeness (QED) is 0.875. The van der Waals surface area contributed by atoms with E-state index in [9.17, 15) is 0 Å². The van der Waals surface area contributed by atoms with Gasteiger partial charge in [-0.3, -0.25) is 0 Å². The molecule has 0 heterocycles. The van der Waals surface area contributed by atoms with Crippen LogP contribution in [-0.2, 0) is 6.54 Å². The molecule has 0 aliphatic rings. The van der Waals surface area contributed by atoms with Crippen molar-refractivity contribution in [1.29, 1.82) is 0 Å². The first-order valence-electron chi connectivity index (χ1n) is 5.49. The number of aryl methyl sites for hydroxylation is 1. The van der Waals surface area contributed by atoms with Crippen LogP contribution in [0.4, 0.5) is 0 Å². The number of hydrogen-bond donors (Lipinski definition) is 1. The van der Waals surface area contributed by atoms with Gasteiger partial charge in [-0.25, -0.2) is 0 Å². The monoisotopic (exact) mass is 269 g/mol. The molecular formula is C13H20BrN. The Morgan fingerprint density at radius 2 is 1.93 bits per heavy atom. The highest BCUT2D eigenvalue weighted by atomic mass is 79.9. The second-order valence-electron chi connectivity index (χ2n) is 4.50. The van der Waals surface area contributed by atoms with Gasteiger partial charge in [-0.15, -0.1) is 0 Å². The predicted octanol–water partition coefficient (Wildman–Crippen LogP) is 3.89. The Balaban J connectivity index is 2.55. The Labute approximate surface area is 101 Å². The molecule has 1 nitrogen and oxygen atoms in total. The topological polar surface area (TPSA) is 12.0 Å². The van der Waals surface area contributed by atoms with Gasteiger partial charge >= 0.3 is 0 Å². The van der Waals surface area contributed by atoms with E-state index in [-0.39, 0.29) is 0 Å². The van der Waals surface area contributed by atoms with Crippen LogP contribution in [0.15, 0.2) is 22.7 Å². The van der Waals surface area contributed by atoms with Crippen LogP contribution in [0.3, 0.4) is 0 Å². The van der Waals surface area contributed by atoms with Gasteiger partial charge in [0.2, 0.25) is 0 Å². The Hall–Kier alpha value is -0.340. The molecule has 2 heteroatoms. The van der Waals surface area contributed by atoms with Crippen LogP contribution in [0.2, 0.25) is 0 Å². The van der Waals surface area contributed by atoms with E-state index in [1.165, 1.54) is 15.6 Å². The molecule has 15 heavy (non-hydrogen) atoms. The number of rotatable bonds is 4. The third-order valence-corrected chi connectivity index (χ3v) is 3.74. The Kier molecular flexibility index (Phi) is 4.81. The van der Waals surface area contributed by atoms with Crippen molar-refractivity contribution < 1.29 is 0 Å². The lowest BCUT2D eigenvalue weighted by atomic mass is 10.1. The van der Waals surface area contributed by atoms with Crippen molar-refractivity contribution in [2.24, 2.45) is 5.92 Å². The molecule has 84 valence electrons. The summed E-state index contributed by atoms with van der Waals surface area (Å²) in [4.78, 5) is 0. The minimum Gasteiger partial charge on any atom is -0.310 e. The van der Waals surface area contributed by atoms with Gasteiger partial charge in [-0.2, -0.15) is 0 Å². The smallest absolute Gasteiger partial charge is 0.0208 e. The summed E-state index contributed by atoms with van der Waals surface area (Å²) in [5, 5.41) is 3.53. The molecule has 0 unspecified atom stereocenters. The van der Waals surface area contributed by atoms with Gasteiger partial charge in [0.15, 0.2) is 0 Å². The first kappa shape index (κ1) is 12.7. The van der Waals surface area contributed by atoms with E-state index in [1.807, 2.05) is 0 Å². The van der Waals surface area contributed by atoms with Gasteiger partial charge in [-0.05, 0) is 37.0 Å². The molecule has 0 aliphatic carbocycles. The van der Waals surface area contributed by atoms with Gasteiger partial charge < -0.3 is 5.32 Å². The van der Waals surface area contributed by atoms with Crippen LogP contribution in [0, 0.1) is 12.8 Å². The number of halogens is 1. The number of hydrogen-bond acceptors (Lipinski definition) is 1. The predicted molar refractivity (Wildman–Crippen MR) is 70.0 cm³/mol. The van der Waals surface area contributed by atoms with Crippen molar-refractivity contribution in [1.82, 2.24) is 5.32 Å². The van der Waals surface area contributed by atoms with Crippen molar-refractivity contribution in [3.05, 3.63) is 33.8 Å². The van der Waals surface area contributed by atoms with Gasteiger partial charge in [0.1, 0.15) is 0 Å². The fourth-order valence-electron chi connectivity index (χ4n) is 1.33. The maximum atomic E-state index is 3.53. The lowest BCUT2D eigenvalue weighted by Crippen LogP contribution is -2.30. The molecule has 1 N–H and O–H groups in total. The maximum absolute atomic E-state index is 3.53. The van der Waals surface area contributed by atoms with Crippen LogP contribution in [-0.4, -0.2) is 6.04 Å². The molecule has 1 rings (SSSR count). The van der Waals surface area contributed by atoms with E-state index < -0.39 is 0 Å². The Morgan fingerprint density at radius 1 is 1.27 bits per heavy atom. The fraction of sp³-hybridized carbons (Fsp3) is 0.538. The molecular weight excluding hydrogens is 250 g/mol. The van der Waals surface area contributed by atoms with Crippen LogP contribution >= 0.6 is 15.9 Å². The molecule has 0 spiro atoms. The molecule has 0 bridgehead atoms.